The summed E-state index contributed by atoms with van der Waals surface area (Å²) < 4.78 is 38.5. The molecule has 4 aromatic rings. The van der Waals surface area contributed by atoms with E-state index in [9.17, 15) is 18.0 Å². The molecule has 46 heavy (non-hydrogen) atoms. The highest BCUT2D eigenvalue weighted by molar-refractivity contribution is 7.90. The number of carbonyl (C=O) groups is 2. The van der Waals surface area contributed by atoms with E-state index in [0.717, 1.165) is 47.9 Å². The van der Waals surface area contributed by atoms with E-state index in [2.05, 4.69) is 39.8 Å². The molecule has 240 valence electrons. The van der Waals surface area contributed by atoms with Gasteiger partial charge in [-0.05, 0) is 79.4 Å². The summed E-state index contributed by atoms with van der Waals surface area (Å²) in [7, 11) is -3.84. The second-order valence-corrected chi connectivity index (χ2v) is 13.7. The summed E-state index contributed by atoms with van der Waals surface area (Å²) in [6.45, 7) is 9.53. The van der Waals surface area contributed by atoms with Gasteiger partial charge in [0.25, 0.3) is 10.0 Å². The number of hydrogen-bond acceptors (Lipinski definition) is 7. The molecule has 1 aromatic heterocycles. The van der Waals surface area contributed by atoms with Gasteiger partial charge in [0.2, 0.25) is 5.91 Å². The highest BCUT2D eigenvalue weighted by Gasteiger charge is 2.19. The molecular weight excluding hydrogens is 604 g/mol. The van der Waals surface area contributed by atoms with Crippen molar-refractivity contribution < 1.29 is 27.5 Å². The maximum Gasteiger partial charge on any atom is 0.412 e. The van der Waals surface area contributed by atoms with Crippen LogP contribution in [0.3, 0.4) is 0 Å². The molecule has 3 aromatic carbocycles. The maximum absolute atomic E-state index is 13.3. The summed E-state index contributed by atoms with van der Waals surface area (Å²) in [5.41, 5.74) is 3.76. The third-order valence-electron chi connectivity index (χ3n) is 7.16. The normalized spacial score (nSPS) is 14.2. The van der Waals surface area contributed by atoms with Crippen LogP contribution in [0, 0.1) is 0 Å². The Hall–Kier alpha value is -4.71. The third-order valence-corrected chi connectivity index (χ3v) is 8.81. The second kappa shape index (κ2) is 14.2. The monoisotopic (exact) mass is 642 g/mol. The number of benzene rings is 3. The standard InChI is InChI=1S/C35H38N4O6S/c1-35(2,3)45-34(41)37-32-7-5-4-6-31(32)36-33(40)17-10-27-18-19-39(25-27)46(42,43)30-15-13-29(14-16-30)28-11-8-26(9-12-28)24-38-20-22-44-23-21-38/h4-19,25H,20-24H2,1-3H3,(H,36,40)(H,37,41). The number of carbonyl (C=O) groups excluding carboxylic acids is 2. The predicted molar refractivity (Wildman–Crippen MR) is 179 cm³/mol. The Balaban J connectivity index is 1.20. The molecule has 0 unspecified atom stereocenters. The summed E-state index contributed by atoms with van der Waals surface area (Å²) in [6, 6.07) is 23.4. The molecule has 11 heteroatoms. The van der Waals surface area contributed by atoms with E-state index >= 15 is 0 Å². The molecule has 1 aliphatic rings. The highest BCUT2D eigenvalue weighted by atomic mass is 32.2. The fourth-order valence-corrected chi connectivity index (χ4v) is 6.07. The number of hydrogen-bond donors (Lipinski definition) is 2. The lowest BCUT2D eigenvalue weighted by Crippen LogP contribution is -2.35. The van der Waals surface area contributed by atoms with Crippen molar-refractivity contribution in [3.63, 3.8) is 0 Å². The zero-order valence-corrected chi connectivity index (χ0v) is 26.9. The van der Waals surface area contributed by atoms with Crippen LogP contribution in [0.15, 0.2) is 102 Å². The first-order valence-electron chi connectivity index (χ1n) is 15.0. The van der Waals surface area contributed by atoms with E-state index < -0.39 is 27.6 Å². The summed E-state index contributed by atoms with van der Waals surface area (Å²) in [6.07, 6.45) is 5.04. The van der Waals surface area contributed by atoms with Gasteiger partial charge in [-0.25, -0.2) is 17.2 Å². The highest BCUT2D eigenvalue weighted by Crippen LogP contribution is 2.25. The van der Waals surface area contributed by atoms with Gasteiger partial charge in [-0.2, -0.15) is 0 Å². The lowest BCUT2D eigenvalue weighted by Gasteiger charge is -2.26. The van der Waals surface area contributed by atoms with Crippen LogP contribution in [0.25, 0.3) is 17.2 Å². The number of nitrogens with zero attached hydrogens (tertiary/aromatic N) is 2. The first kappa shape index (κ1) is 32.7. The Morgan fingerprint density at radius 3 is 2.11 bits per heavy atom. The summed E-state index contributed by atoms with van der Waals surface area (Å²) in [4.78, 5) is 27.4. The molecule has 5 rings (SSSR count). The van der Waals surface area contributed by atoms with E-state index in [0.29, 0.717) is 16.9 Å². The molecule has 0 aliphatic carbocycles. The lowest BCUT2D eigenvalue weighted by atomic mass is 10.0. The van der Waals surface area contributed by atoms with Gasteiger partial charge in [0.05, 0.1) is 29.5 Å². The Labute approximate surface area is 269 Å². The fourth-order valence-electron chi connectivity index (χ4n) is 4.86. The second-order valence-electron chi connectivity index (χ2n) is 11.9. The van der Waals surface area contributed by atoms with E-state index in [4.69, 9.17) is 9.47 Å². The summed E-state index contributed by atoms with van der Waals surface area (Å²) in [5, 5.41) is 5.36. The molecule has 1 saturated heterocycles. The number of amides is 2. The van der Waals surface area contributed by atoms with Gasteiger partial charge in [0, 0.05) is 38.1 Å². The number of nitrogens with one attached hydrogen (secondary N) is 2. The topological polar surface area (TPSA) is 119 Å². The van der Waals surface area contributed by atoms with Gasteiger partial charge in [-0.1, -0.05) is 48.5 Å². The van der Waals surface area contributed by atoms with E-state index in [1.54, 1.807) is 75.4 Å². The van der Waals surface area contributed by atoms with Crippen LogP contribution in [0.4, 0.5) is 16.2 Å². The molecule has 0 radical (unpaired) electrons. The van der Waals surface area contributed by atoms with Gasteiger partial charge in [-0.3, -0.25) is 15.0 Å². The van der Waals surface area contributed by atoms with Gasteiger partial charge < -0.3 is 14.8 Å². The van der Waals surface area contributed by atoms with E-state index in [-0.39, 0.29) is 4.90 Å². The average Bonchev–Trinajstić information content (AvgIpc) is 3.51. The van der Waals surface area contributed by atoms with Crippen molar-refractivity contribution in [2.45, 2.75) is 37.8 Å². The first-order chi connectivity index (χ1) is 22.0. The largest absolute Gasteiger partial charge is 0.444 e. The smallest absolute Gasteiger partial charge is 0.412 e. The SMILES string of the molecule is CC(C)(C)OC(=O)Nc1ccccc1NC(=O)C=Cc1ccn(S(=O)(=O)c2ccc(-c3ccc(CN4CCOCC4)cc3)cc2)c1. The van der Waals surface area contributed by atoms with Crippen molar-refractivity contribution in [1.82, 2.24) is 8.87 Å². The van der Waals surface area contributed by atoms with Gasteiger partial charge in [-0.15, -0.1) is 0 Å². The lowest BCUT2D eigenvalue weighted by molar-refractivity contribution is -0.111. The van der Waals surface area contributed by atoms with E-state index in [1.165, 1.54) is 30.1 Å². The Morgan fingerprint density at radius 1 is 0.870 bits per heavy atom. The number of morpholine rings is 1. The zero-order chi connectivity index (χ0) is 32.7. The van der Waals surface area contributed by atoms with Gasteiger partial charge in [0.1, 0.15) is 5.60 Å². The van der Waals surface area contributed by atoms with Crippen molar-refractivity contribution in [3.8, 4) is 11.1 Å². The quantitative estimate of drug-likeness (QED) is 0.208. The van der Waals surface area contributed by atoms with Gasteiger partial charge >= 0.3 is 6.09 Å². The molecule has 2 heterocycles. The van der Waals surface area contributed by atoms with Gasteiger partial charge in [0.15, 0.2) is 0 Å². The molecule has 0 saturated carbocycles. The number of ether oxygens (including phenoxy) is 2. The predicted octanol–water partition coefficient (Wildman–Crippen LogP) is 6.22. The molecule has 10 nitrogen and oxygen atoms in total. The van der Waals surface area contributed by atoms with Crippen LogP contribution in [0.2, 0.25) is 0 Å². The van der Waals surface area contributed by atoms with Crippen molar-refractivity contribution in [3.05, 3.63) is 108 Å². The molecule has 1 fully saturated rings. The van der Waals surface area contributed by atoms with Crippen LogP contribution in [0.5, 0.6) is 0 Å². The summed E-state index contributed by atoms with van der Waals surface area (Å²) >= 11 is 0. The fraction of sp³-hybridized carbons (Fsp3) is 0.257. The maximum atomic E-state index is 13.3. The van der Waals surface area contributed by atoms with Crippen LogP contribution >= 0.6 is 0 Å². The molecule has 0 bridgehead atoms. The van der Waals surface area contributed by atoms with Crippen molar-refractivity contribution >= 4 is 39.5 Å². The van der Waals surface area contributed by atoms with Crippen molar-refractivity contribution in [2.75, 3.05) is 36.9 Å². The van der Waals surface area contributed by atoms with Crippen molar-refractivity contribution in [1.29, 1.82) is 0 Å². The Bertz CT molecular complexity index is 1800. The molecule has 0 atom stereocenters. The molecule has 2 N–H and O–H groups in total. The number of anilines is 2. The Kier molecular flexibility index (Phi) is 10.1. The van der Waals surface area contributed by atoms with Crippen molar-refractivity contribution in [2.24, 2.45) is 0 Å². The summed E-state index contributed by atoms with van der Waals surface area (Å²) in [5.74, 6) is -0.459. The number of para-hydroxylation sites is 2. The van der Waals surface area contributed by atoms with Crippen LogP contribution in [0.1, 0.15) is 31.9 Å². The number of aromatic nitrogens is 1. The first-order valence-corrected chi connectivity index (χ1v) is 16.4. The molecule has 1 aliphatic heterocycles. The average molecular weight is 643 g/mol. The Morgan fingerprint density at radius 2 is 1.48 bits per heavy atom. The van der Waals surface area contributed by atoms with Crippen LogP contribution in [-0.4, -0.2) is 61.2 Å². The van der Waals surface area contributed by atoms with Crippen LogP contribution < -0.4 is 10.6 Å². The minimum atomic E-state index is -3.84. The molecular formula is C35H38N4O6S. The molecule has 2 amide bonds. The molecule has 0 spiro atoms. The number of rotatable bonds is 9. The third kappa shape index (κ3) is 8.72. The van der Waals surface area contributed by atoms with E-state index in [1.807, 2.05) is 0 Å². The minimum Gasteiger partial charge on any atom is -0.444 e. The van der Waals surface area contributed by atoms with Crippen LogP contribution in [-0.2, 0) is 30.8 Å². The minimum absolute atomic E-state index is 0.151. The zero-order valence-electron chi connectivity index (χ0n) is 26.1.